The summed E-state index contributed by atoms with van der Waals surface area (Å²) in [7, 11) is 0. The Balaban J connectivity index is 1.68. The first-order valence-electron chi connectivity index (χ1n) is 8.76. The number of benzene rings is 1. The molecule has 0 aliphatic carbocycles. The molecule has 28 heavy (non-hydrogen) atoms. The van der Waals surface area contributed by atoms with Gasteiger partial charge in [0.1, 0.15) is 10.8 Å². The van der Waals surface area contributed by atoms with Crippen molar-refractivity contribution < 1.29 is 18.8 Å². The van der Waals surface area contributed by atoms with Crippen molar-refractivity contribution >= 4 is 23.5 Å². The molecule has 0 saturated carbocycles. The van der Waals surface area contributed by atoms with E-state index < -0.39 is 12.1 Å². The fourth-order valence-corrected chi connectivity index (χ4v) is 3.38. The molecule has 144 valence electrons. The Bertz CT molecular complexity index is 982. The molecule has 0 aliphatic rings. The van der Waals surface area contributed by atoms with Gasteiger partial charge in [-0.1, -0.05) is 46.7 Å². The molecule has 0 fully saturated rings. The molecule has 1 atom stereocenters. The highest BCUT2D eigenvalue weighted by Gasteiger charge is 2.22. The number of hydrogen-bond acceptors (Lipinski definition) is 7. The quantitative estimate of drug-likeness (QED) is 0.332. The van der Waals surface area contributed by atoms with E-state index in [9.17, 15) is 9.59 Å². The van der Waals surface area contributed by atoms with Crippen LogP contribution in [0.15, 0.2) is 58.2 Å². The molecule has 0 N–H and O–H groups in total. The van der Waals surface area contributed by atoms with Gasteiger partial charge < -0.3 is 9.26 Å². The maximum absolute atomic E-state index is 12.6. The van der Waals surface area contributed by atoms with Crippen LogP contribution >= 0.6 is 11.8 Å². The Morgan fingerprint density at radius 2 is 1.93 bits per heavy atom. The maximum Gasteiger partial charge on any atom is 0.341 e. The summed E-state index contributed by atoms with van der Waals surface area (Å²) < 4.78 is 10.4. The van der Waals surface area contributed by atoms with E-state index in [-0.39, 0.29) is 5.78 Å². The summed E-state index contributed by atoms with van der Waals surface area (Å²) >= 11 is 1.36. The molecular formula is C21H20N2O4S. The zero-order chi connectivity index (χ0) is 20.1. The molecule has 0 spiro atoms. The number of rotatable bonds is 7. The number of ketones is 1. The van der Waals surface area contributed by atoms with Crippen molar-refractivity contribution in [3.8, 4) is 0 Å². The Morgan fingerprint density at radius 3 is 2.61 bits per heavy atom. The standard InChI is InChI=1S/C21H20N2O4S/c1-13-6-8-16(9-7-13)19(24)15(3)26-21(25)18-5-4-10-22-20(18)28-12-17-11-14(2)27-23-17/h4-11,15H,12H2,1-3H3/t15-/m1/s1. The van der Waals surface area contributed by atoms with Crippen LogP contribution in [-0.4, -0.2) is 28.0 Å². The molecule has 2 aromatic heterocycles. The second-order valence-corrected chi connectivity index (χ2v) is 7.32. The zero-order valence-corrected chi connectivity index (χ0v) is 16.7. The summed E-state index contributed by atoms with van der Waals surface area (Å²) in [5.41, 5.74) is 2.64. The normalized spacial score (nSPS) is 11.8. The number of Topliss-reactive ketones (excluding diaryl/α,β-unsaturated/α-hetero) is 1. The van der Waals surface area contributed by atoms with Crippen LogP contribution in [0.2, 0.25) is 0 Å². The topological polar surface area (TPSA) is 82.3 Å². The molecule has 0 aliphatic heterocycles. The third kappa shape index (κ3) is 4.86. The molecule has 7 heteroatoms. The molecule has 0 radical (unpaired) electrons. The number of hydrogen-bond donors (Lipinski definition) is 0. The fraction of sp³-hybridized carbons (Fsp3) is 0.238. The third-order valence-corrected chi connectivity index (χ3v) is 5.05. The van der Waals surface area contributed by atoms with Crippen molar-refractivity contribution in [2.24, 2.45) is 0 Å². The summed E-state index contributed by atoms with van der Waals surface area (Å²) in [4.78, 5) is 29.4. The van der Waals surface area contributed by atoms with Gasteiger partial charge in [-0.05, 0) is 32.9 Å². The van der Waals surface area contributed by atoms with Gasteiger partial charge in [-0.3, -0.25) is 4.79 Å². The van der Waals surface area contributed by atoms with Gasteiger partial charge in [0.25, 0.3) is 0 Å². The summed E-state index contributed by atoms with van der Waals surface area (Å²) in [6, 6.07) is 12.3. The van der Waals surface area contributed by atoms with E-state index in [4.69, 9.17) is 9.26 Å². The highest BCUT2D eigenvalue weighted by atomic mass is 32.2. The SMILES string of the molecule is Cc1ccc(C(=O)[C@@H](C)OC(=O)c2cccnc2SCc2cc(C)on2)cc1. The molecule has 6 nitrogen and oxygen atoms in total. The van der Waals surface area contributed by atoms with E-state index in [1.165, 1.54) is 11.8 Å². The molecule has 1 aromatic carbocycles. The number of ether oxygens (including phenoxy) is 1. The van der Waals surface area contributed by atoms with Crippen LogP contribution < -0.4 is 0 Å². The molecule has 0 saturated heterocycles. The van der Waals surface area contributed by atoms with Gasteiger partial charge in [0.15, 0.2) is 6.10 Å². The molecule has 0 unspecified atom stereocenters. The smallest absolute Gasteiger partial charge is 0.341 e. The van der Waals surface area contributed by atoms with Crippen LogP contribution in [0.3, 0.4) is 0 Å². The Kier molecular flexibility index (Phi) is 6.26. The first-order valence-corrected chi connectivity index (χ1v) is 9.74. The lowest BCUT2D eigenvalue weighted by Crippen LogP contribution is -2.24. The monoisotopic (exact) mass is 396 g/mol. The first kappa shape index (κ1) is 19.8. The van der Waals surface area contributed by atoms with Crippen molar-refractivity contribution in [3.05, 3.63) is 76.8 Å². The number of carbonyl (C=O) groups is 2. The van der Waals surface area contributed by atoms with Gasteiger partial charge in [-0.2, -0.15) is 0 Å². The van der Waals surface area contributed by atoms with Crippen LogP contribution in [0, 0.1) is 13.8 Å². The number of pyridine rings is 1. The van der Waals surface area contributed by atoms with Crippen molar-refractivity contribution in [2.45, 2.75) is 37.7 Å². The Hall–Kier alpha value is -2.93. The molecular weight excluding hydrogens is 376 g/mol. The zero-order valence-electron chi connectivity index (χ0n) is 15.8. The predicted octanol–water partition coefficient (Wildman–Crippen LogP) is 4.41. The van der Waals surface area contributed by atoms with E-state index in [1.54, 1.807) is 37.4 Å². The van der Waals surface area contributed by atoms with Crippen LogP contribution in [0.1, 0.15) is 44.7 Å². The fourth-order valence-electron chi connectivity index (χ4n) is 2.52. The average molecular weight is 396 g/mol. The van der Waals surface area contributed by atoms with Gasteiger partial charge in [0.2, 0.25) is 5.78 Å². The average Bonchev–Trinajstić information content (AvgIpc) is 3.11. The first-order chi connectivity index (χ1) is 13.4. The minimum Gasteiger partial charge on any atom is -0.451 e. The number of esters is 1. The van der Waals surface area contributed by atoms with Gasteiger partial charge in [0, 0.05) is 23.6 Å². The number of aromatic nitrogens is 2. The van der Waals surface area contributed by atoms with Crippen LogP contribution in [0.4, 0.5) is 0 Å². The number of carbonyl (C=O) groups excluding carboxylic acids is 2. The number of nitrogens with zero attached hydrogens (tertiary/aromatic N) is 2. The Morgan fingerprint density at radius 1 is 1.18 bits per heavy atom. The van der Waals surface area contributed by atoms with Gasteiger partial charge in [0.05, 0.1) is 11.3 Å². The van der Waals surface area contributed by atoms with E-state index in [1.807, 2.05) is 32.0 Å². The molecule has 0 amide bonds. The molecule has 3 aromatic rings. The van der Waals surface area contributed by atoms with Crippen molar-refractivity contribution in [2.75, 3.05) is 0 Å². The molecule has 2 heterocycles. The van der Waals surface area contributed by atoms with Crippen LogP contribution in [0.5, 0.6) is 0 Å². The van der Waals surface area contributed by atoms with E-state index >= 15 is 0 Å². The maximum atomic E-state index is 12.6. The predicted molar refractivity (Wildman–Crippen MR) is 105 cm³/mol. The minimum absolute atomic E-state index is 0.246. The lowest BCUT2D eigenvalue weighted by molar-refractivity contribution is 0.0314. The number of thioether (sulfide) groups is 1. The summed E-state index contributed by atoms with van der Waals surface area (Å²) in [6.45, 7) is 5.33. The van der Waals surface area contributed by atoms with Crippen molar-refractivity contribution in [3.63, 3.8) is 0 Å². The lowest BCUT2D eigenvalue weighted by atomic mass is 10.1. The van der Waals surface area contributed by atoms with E-state index in [0.717, 1.165) is 17.0 Å². The third-order valence-electron chi connectivity index (χ3n) is 4.01. The second kappa shape index (κ2) is 8.84. The van der Waals surface area contributed by atoms with Crippen LogP contribution in [-0.2, 0) is 10.5 Å². The lowest BCUT2D eigenvalue weighted by Gasteiger charge is -2.13. The summed E-state index contributed by atoms with van der Waals surface area (Å²) in [5, 5.41) is 4.45. The van der Waals surface area contributed by atoms with Gasteiger partial charge in [-0.15, -0.1) is 0 Å². The minimum atomic E-state index is -0.897. The number of aryl methyl sites for hydroxylation is 2. The highest BCUT2D eigenvalue weighted by Crippen LogP contribution is 2.25. The van der Waals surface area contributed by atoms with Gasteiger partial charge >= 0.3 is 5.97 Å². The van der Waals surface area contributed by atoms with E-state index in [0.29, 0.717) is 21.9 Å². The second-order valence-electron chi connectivity index (χ2n) is 6.35. The van der Waals surface area contributed by atoms with Crippen molar-refractivity contribution in [1.29, 1.82) is 0 Å². The molecule has 3 rings (SSSR count). The van der Waals surface area contributed by atoms with Crippen molar-refractivity contribution in [1.82, 2.24) is 10.1 Å². The van der Waals surface area contributed by atoms with Crippen LogP contribution in [0.25, 0.3) is 0 Å². The Labute approximate surface area is 167 Å². The highest BCUT2D eigenvalue weighted by molar-refractivity contribution is 7.98. The summed E-state index contributed by atoms with van der Waals surface area (Å²) in [5.74, 6) is 0.399. The molecule has 0 bridgehead atoms. The van der Waals surface area contributed by atoms with E-state index in [2.05, 4.69) is 10.1 Å². The largest absolute Gasteiger partial charge is 0.451 e. The summed E-state index contributed by atoms with van der Waals surface area (Å²) in [6.07, 6.45) is 0.708. The van der Waals surface area contributed by atoms with Gasteiger partial charge in [-0.25, -0.2) is 9.78 Å².